The van der Waals surface area contributed by atoms with Crippen LogP contribution in [0.5, 0.6) is 0 Å². The van der Waals surface area contributed by atoms with Crippen LogP contribution in [0.2, 0.25) is 0 Å². The number of aromatic nitrogens is 1. The molecule has 35 heavy (non-hydrogen) atoms. The van der Waals surface area contributed by atoms with Gasteiger partial charge in [0.25, 0.3) is 5.91 Å². The molecular formula is C27H33N5O2S. The number of likely N-dealkylation sites (tertiary alicyclic amines) is 1. The molecule has 0 aliphatic carbocycles. The highest BCUT2D eigenvalue weighted by atomic mass is 32.1. The van der Waals surface area contributed by atoms with Crippen LogP contribution in [0.15, 0.2) is 66.0 Å². The van der Waals surface area contributed by atoms with Crippen molar-refractivity contribution in [3.05, 3.63) is 87.9 Å². The third kappa shape index (κ3) is 5.61. The van der Waals surface area contributed by atoms with Gasteiger partial charge >= 0.3 is 0 Å². The number of hydrogen-bond acceptors (Lipinski definition) is 6. The van der Waals surface area contributed by atoms with E-state index >= 15 is 0 Å². The second-order valence-corrected chi connectivity index (χ2v) is 10.2. The van der Waals surface area contributed by atoms with E-state index in [1.807, 2.05) is 55.1 Å². The molecule has 184 valence electrons. The van der Waals surface area contributed by atoms with E-state index in [9.17, 15) is 9.59 Å². The fraction of sp³-hybridized carbons (Fsp3) is 0.370. The molecule has 0 radical (unpaired) electrons. The molecule has 2 atom stereocenters. The number of nitrogens with one attached hydrogen (secondary N) is 1. The average Bonchev–Trinajstić information content (AvgIpc) is 3.53. The van der Waals surface area contributed by atoms with Crippen LogP contribution >= 0.6 is 11.3 Å². The lowest BCUT2D eigenvalue weighted by atomic mass is 9.89. The summed E-state index contributed by atoms with van der Waals surface area (Å²) in [7, 11) is 0. The van der Waals surface area contributed by atoms with Crippen molar-refractivity contribution in [2.45, 2.75) is 50.9 Å². The fourth-order valence-corrected chi connectivity index (χ4v) is 5.63. The molecule has 1 saturated heterocycles. The molecule has 1 fully saturated rings. The lowest BCUT2D eigenvalue weighted by Crippen LogP contribution is -2.56. The maximum Gasteiger partial charge on any atom is 0.252 e. The van der Waals surface area contributed by atoms with Gasteiger partial charge in [-0.3, -0.25) is 9.59 Å². The van der Waals surface area contributed by atoms with Crippen LogP contribution in [0.1, 0.15) is 60.5 Å². The van der Waals surface area contributed by atoms with E-state index < -0.39 is 18.1 Å². The maximum absolute atomic E-state index is 13.5. The van der Waals surface area contributed by atoms with Gasteiger partial charge in [-0.1, -0.05) is 74.5 Å². The van der Waals surface area contributed by atoms with Crippen molar-refractivity contribution < 1.29 is 9.59 Å². The third-order valence-electron chi connectivity index (χ3n) is 6.46. The number of amides is 2. The Bertz CT molecular complexity index is 1090. The Balaban J connectivity index is 1.61. The number of nitrogens with two attached hydrogens (primary N) is 2. The minimum atomic E-state index is -1.16. The molecule has 2 amide bonds. The number of benzene rings is 2. The zero-order chi connectivity index (χ0) is 24.9. The van der Waals surface area contributed by atoms with E-state index in [1.54, 1.807) is 11.3 Å². The van der Waals surface area contributed by atoms with Crippen molar-refractivity contribution in [1.29, 1.82) is 0 Å². The molecule has 0 unspecified atom stereocenters. The smallest absolute Gasteiger partial charge is 0.252 e. The van der Waals surface area contributed by atoms with Gasteiger partial charge in [-0.05, 0) is 29.9 Å². The molecule has 2 aromatic carbocycles. The number of thiazole rings is 1. The van der Waals surface area contributed by atoms with Gasteiger partial charge in [0.15, 0.2) is 0 Å². The summed E-state index contributed by atoms with van der Waals surface area (Å²) >= 11 is 1.59. The Morgan fingerprint density at radius 2 is 1.63 bits per heavy atom. The number of carbonyl (C=O) groups excluding carboxylic acids is 2. The maximum atomic E-state index is 13.5. The summed E-state index contributed by atoms with van der Waals surface area (Å²) in [6.45, 7) is 4.44. The zero-order valence-corrected chi connectivity index (χ0v) is 20.9. The molecular weight excluding hydrogens is 458 g/mol. The van der Waals surface area contributed by atoms with Gasteiger partial charge in [-0.25, -0.2) is 4.98 Å². The summed E-state index contributed by atoms with van der Waals surface area (Å²) in [6.07, 6.45) is 0.573. The van der Waals surface area contributed by atoms with Crippen LogP contribution in [-0.2, 0) is 9.59 Å². The van der Waals surface area contributed by atoms with Crippen molar-refractivity contribution in [2.75, 3.05) is 6.54 Å². The van der Waals surface area contributed by atoms with E-state index in [0.717, 1.165) is 23.5 Å². The third-order valence-corrected chi connectivity index (χ3v) is 7.42. The van der Waals surface area contributed by atoms with E-state index in [2.05, 4.69) is 35.0 Å². The van der Waals surface area contributed by atoms with Crippen molar-refractivity contribution in [3.8, 4) is 0 Å². The number of rotatable bonds is 8. The Labute approximate surface area is 210 Å². The largest absolute Gasteiger partial charge is 0.342 e. The van der Waals surface area contributed by atoms with Crippen LogP contribution in [0.25, 0.3) is 0 Å². The van der Waals surface area contributed by atoms with E-state index in [4.69, 9.17) is 16.5 Å². The van der Waals surface area contributed by atoms with Crippen LogP contribution < -0.4 is 16.8 Å². The predicted octanol–water partition coefficient (Wildman–Crippen LogP) is 3.37. The molecule has 1 aliphatic rings. The first-order chi connectivity index (χ1) is 16.9. The summed E-state index contributed by atoms with van der Waals surface area (Å²) in [6, 6.07) is 19.9. The van der Waals surface area contributed by atoms with Gasteiger partial charge in [0.2, 0.25) is 5.91 Å². The second-order valence-electron chi connectivity index (χ2n) is 9.31. The summed E-state index contributed by atoms with van der Waals surface area (Å²) in [5.41, 5.74) is 14.4. The Morgan fingerprint density at radius 3 is 2.17 bits per heavy atom. The first kappa shape index (κ1) is 25.0. The van der Waals surface area contributed by atoms with Crippen LogP contribution in [0.4, 0.5) is 0 Å². The summed E-state index contributed by atoms with van der Waals surface area (Å²) in [4.78, 5) is 32.6. The monoisotopic (exact) mass is 491 g/mol. The van der Waals surface area contributed by atoms with Crippen LogP contribution in [-0.4, -0.2) is 40.5 Å². The number of hydrogen-bond donors (Lipinski definition) is 3. The fourth-order valence-electron chi connectivity index (χ4n) is 4.64. The highest BCUT2D eigenvalue weighted by Crippen LogP contribution is 2.38. The zero-order valence-electron chi connectivity index (χ0n) is 20.1. The minimum Gasteiger partial charge on any atom is -0.342 e. The quantitative estimate of drug-likeness (QED) is 0.418. The normalized spacial score (nSPS) is 16.8. The predicted molar refractivity (Wildman–Crippen MR) is 139 cm³/mol. The first-order valence-corrected chi connectivity index (χ1v) is 12.9. The second kappa shape index (κ2) is 11.1. The standard InChI is InChI=1S/C27H33N5O2S/c1-17(2)23(31-25(33)24(28)29)27(34)32-15-9-14-21(32)26-30-20(16-35-26)22(18-10-5-3-6-11-18)19-12-7-4-8-13-19/h3-8,10-13,16-17,21-24H,9,14-15,28-29H2,1-2H3,(H,31,33)/t21-,23+/m1/s1. The topological polar surface area (TPSA) is 114 Å². The van der Waals surface area contributed by atoms with Crippen molar-refractivity contribution in [3.63, 3.8) is 0 Å². The highest BCUT2D eigenvalue weighted by Gasteiger charge is 2.38. The van der Waals surface area contributed by atoms with E-state index in [0.29, 0.717) is 6.54 Å². The molecule has 1 aromatic heterocycles. The van der Waals surface area contributed by atoms with Crippen molar-refractivity contribution in [2.24, 2.45) is 17.4 Å². The molecule has 0 bridgehead atoms. The van der Waals surface area contributed by atoms with Crippen LogP contribution in [0, 0.1) is 5.92 Å². The Hall–Kier alpha value is -3.07. The molecule has 0 spiro atoms. The Kier molecular flexibility index (Phi) is 7.95. The minimum absolute atomic E-state index is 0.0155. The van der Waals surface area contributed by atoms with Gasteiger partial charge in [-0.2, -0.15) is 0 Å². The lowest BCUT2D eigenvalue weighted by molar-refractivity contribution is -0.138. The van der Waals surface area contributed by atoms with Gasteiger partial charge in [0, 0.05) is 11.9 Å². The van der Waals surface area contributed by atoms with E-state index in [1.165, 1.54) is 11.1 Å². The number of nitrogens with zero attached hydrogens (tertiary/aromatic N) is 2. The lowest BCUT2D eigenvalue weighted by Gasteiger charge is -2.30. The molecule has 2 heterocycles. The Morgan fingerprint density at radius 1 is 1.03 bits per heavy atom. The van der Waals surface area contributed by atoms with Crippen molar-refractivity contribution >= 4 is 23.2 Å². The van der Waals surface area contributed by atoms with Gasteiger partial charge in [-0.15, -0.1) is 11.3 Å². The van der Waals surface area contributed by atoms with Gasteiger partial charge in [0.05, 0.1) is 17.7 Å². The number of carbonyl (C=O) groups is 2. The highest BCUT2D eigenvalue weighted by molar-refractivity contribution is 7.09. The molecule has 4 rings (SSSR count). The SMILES string of the molecule is CC(C)[C@H](NC(=O)C(N)N)C(=O)N1CCC[C@@H]1c1nc(C(c2ccccc2)c2ccccc2)cs1. The van der Waals surface area contributed by atoms with E-state index in [-0.39, 0.29) is 23.8 Å². The molecule has 3 aromatic rings. The van der Waals surface area contributed by atoms with Crippen molar-refractivity contribution in [1.82, 2.24) is 15.2 Å². The van der Waals surface area contributed by atoms with Gasteiger partial charge < -0.3 is 21.7 Å². The molecule has 8 heteroatoms. The molecule has 1 aliphatic heterocycles. The summed E-state index contributed by atoms with van der Waals surface area (Å²) in [5, 5.41) is 5.76. The summed E-state index contributed by atoms with van der Waals surface area (Å²) < 4.78 is 0. The average molecular weight is 492 g/mol. The van der Waals surface area contributed by atoms with Gasteiger partial charge in [0.1, 0.15) is 17.2 Å². The first-order valence-electron chi connectivity index (χ1n) is 12.0. The summed E-state index contributed by atoms with van der Waals surface area (Å²) in [5.74, 6) is -0.727. The molecule has 0 saturated carbocycles. The molecule has 5 N–H and O–H groups in total. The van der Waals surface area contributed by atoms with Crippen LogP contribution in [0.3, 0.4) is 0 Å². The molecule has 7 nitrogen and oxygen atoms in total.